The second-order valence-electron chi connectivity index (χ2n) is 5.53. The summed E-state index contributed by atoms with van der Waals surface area (Å²) in [7, 11) is 1.93. The zero-order valence-corrected chi connectivity index (χ0v) is 13.2. The highest BCUT2D eigenvalue weighted by Crippen LogP contribution is 2.14. The highest BCUT2D eigenvalue weighted by atomic mass is 35.5. The molecule has 0 spiro atoms. The van der Waals surface area contributed by atoms with E-state index in [2.05, 4.69) is 10.1 Å². The molecule has 0 aliphatic carbocycles. The highest BCUT2D eigenvalue weighted by molar-refractivity contribution is 5.85. The van der Waals surface area contributed by atoms with Gasteiger partial charge >= 0.3 is 0 Å². The number of hydrogen-bond acceptors (Lipinski definition) is 5. The lowest BCUT2D eigenvalue weighted by atomic mass is 10.1. The van der Waals surface area contributed by atoms with E-state index in [1.807, 2.05) is 25.8 Å². The van der Waals surface area contributed by atoms with Crippen LogP contribution in [0.4, 0.5) is 4.39 Å². The second kappa shape index (κ2) is 6.98. The zero-order chi connectivity index (χ0) is 14.8. The van der Waals surface area contributed by atoms with Crippen LogP contribution in [0.3, 0.4) is 0 Å². The largest absolute Gasteiger partial charge is 0.338 e. The molecule has 0 unspecified atom stereocenters. The maximum absolute atomic E-state index is 12.8. The molecule has 2 N–H and O–H groups in total. The van der Waals surface area contributed by atoms with Crippen molar-refractivity contribution in [3.8, 4) is 0 Å². The Kier molecular flexibility index (Phi) is 5.83. The lowest BCUT2D eigenvalue weighted by Gasteiger charge is -2.14. The van der Waals surface area contributed by atoms with Gasteiger partial charge in [-0.1, -0.05) is 17.3 Å². The van der Waals surface area contributed by atoms with E-state index < -0.39 is 5.54 Å². The summed E-state index contributed by atoms with van der Waals surface area (Å²) in [5, 5.41) is 3.87. The van der Waals surface area contributed by atoms with Crippen molar-refractivity contribution in [2.24, 2.45) is 5.73 Å². The minimum atomic E-state index is -0.614. The van der Waals surface area contributed by atoms with Crippen molar-refractivity contribution < 1.29 is 8.91 Å². The molecule has 116 valence electrons. The fraction of sp³-hybridized carbons (Fsp3) is 0.429. The first-order valence-corrected chi connectivity index (χ1v) is 6.39. The van der Waals surface area contributed by atoms with Crippen molar-refractivity contribution in [1.29, 1.82) is 0 Å². The van der Waals surface area contributed by atoms with Crippen molar-refractivity contribution in [3.63, 3.8) is 0 Å². The molecule has 7 heteroatoms. The summed E-state index contributed by atoms with van der Waals surface area (Å²) in [6, 6.07) is 6.41. The molecule has 0 radical (unpaired) electrons. The van der Waals surface area contributed by atoms with Crippen LogP contribution >= 0.6 is 12.4 Å². The Morgan fingerprint density at radius 2 is 1.86 bits per heavy atom. The summed E-state index contributed by atoms with van der Waals surface area (Å²) in [5.74, 6) is 0.772. The summed E-state index contributed by atoms with van der Waals surface area (Å²) < 4.78 is 18.0. The Labute approximate surface area is 129 Å². The molecule has 0 aliphatic rings. The molecule has 0 fully saturated rings. The maximum Gasteiger partial charge on any atom is 0.240 e. The molecule has 0 atom stereocenters. The Hall–Kier alpha value is -1.50. The van der Waals surface area contributed by atoms with Gasteiger partial charge in [0.2, 0.25) is 5.89 Å². The van der Waals surface area contributed by atoms with Crippen LogP contribution in [0.25, 0.3) is 0 Å². The lowest BCUT2D eigenvalue weighted by Crippen LogP contribution is -2.30. The van der Waals surface area contributed by atoms with Crippen molar-refractivity contribution in [2.45, 2.75) is 32.5 Å². The molecule has 21 heavy (non-hydrogen) atoms. The fourth-order valence-corrected chi connectivity index (χ4v) is 1.77. The van der Waals surface area contributed by atoms with E-state index in [0.29, 0.717) is 24.8 Å². The van der Waals surface area contributed by atoms with Crippen LogP contribution in [0.1, 0.15) is 31.1 Å². The Balaban J connectivity index is 0.00000220. The summed E-state index contributed by atoms with van der Waals surface area (Å²) in [4.78, 5) is 6.28. The normalized spacial score (nSPS) is 11.5. The van der Waals surface area contributed by atoms with E-state index in [1.54, 1.807) is 12.1 Å². The van der Waals surface area contributed by atoms with Gasteiger partial charge in [0, 0.05) is 6.54 Å². The van der Waals surface area contributed by atoms with Crippen molar-refractivity contribution in [2.75, 3.05) is 7.05 Å². The monoisotopic (exact) mass is 314 g/mol. The zero-order valence-electron chi connectivity index (χ0n) is 12.3. The molecule has 0 saturated carbocycles. The van der Waals surface area contributed by atoms with Crippen molar-refractivity contribution in [1.82, 2.24) is 15.0 Å². The Morgan fingerprint density at radius 1 is 1.24 bits per heavy atom. The van der Waals surface area contributed by atoms with Gasteiger partial charge < -0.3 is 10.3 Å². The quantitative estimate of drug-likeness (QED) is 0.918. The topological polar surface area (TPSA) is 68.2 Å². The van der Waals surface area contributed by atoms with Crippen LogP contribution in [0, 0.1) is 5.82 Å². The molecule has 1 heterocycles. The van der Waals surface area contributed by atoms with E-state index in [0.717, 1.165) is 5.56 Å². The number of aromatic nitrogens is 2. The summed E-state index contributed by atoms with van der Waals surface area (Å²) in [6.45, 7) is 4.83. The van der Waals surface area contributed by atoms with Gasteiger partial charge in [0.15, 0.2) is 5.82 Å². The lowest BCUT2D eigenvalue weighted by molar-refractivity contribution is 0.259. The number of nitrogens with two attached hydrogens (primary N) is 1. The van der Waals surface area contributed by atoms with Crippen molar-refractivity contribution >= 4 is 12.4 Å². The molecule has 0 aliphatic heterocycles. The minimum Gasteiger partial charge on any atom is -0.338 e. The van der Waals surface area contributed by atoms with Gasteiger partial charge in [0.1, 0.15) is 5.82 Å². The molecule has 2 rings (SSSR count). The standard InChI is InChI=1S/C14H19FN4O.ClH/c1-14(2,16)13-17-12(20-18-13)9-19(3)8-10-4-6-11(15)7-5-10;/h4-7H,8-9,16H2,1-3H3;1H. The van der Waals surface area contributed by atoms with Gasteiger partial charge in [-0.15, -0.1) is 12.4 Å². The van der Waals surface area contributed by atoms with E-state index in [-0.39, 0.29) is 18.2 Å². The first kappa shape index (κ1) is 17.6. The number of halogens is 2. The summed E-state index contributed by atoms with van der Waals surface area (Å²) >= 11 is 0. The van der Waals surface area contributed by atoms with E-state index in [4.69, 9.17) is 10.3 Å². The first-order valence-electron chi connectivity index (χ1n) is 6.39. The molecule has 0 saturated heterocycles. The summed E-state index contributed by atoms with van der Waals surface area (Å²) in [5.41, 5.74) is 6.31. The van der Waals surface area contributed by atoms with E-state index >= 15 is 0 Å². The molecule has 1 aromatic carbocycles. The Morgan fingerprint density at radius 3 is 2.38 bits per heavy atom. The number of benzene rings is 1. The number of rotatable bonds is 5. The van der Waals surface area contributed by atoms with Crippen molar-refractivity contribution in [3.05, 3.63) is 47.4 Å². The van der Waals surface area contributed by atoms with Crippen LogP contribution in [0.5, 0.6) is 0 Å². The van der Waals surface area contributed by atoms with E-state index in [9.17, 15) is 4.39 Å². The number of nitrogens with zero attached hydrogens (tertiary/aromatic N) is 3. The molecule has 5 nitrogen and oxygen atoms in total. The van der Waals surface area contributed by atoms with Gasteiger partial charge in [-0.05, 0) is 38.6 Å². The Bertz CT molecular complexity index is 565. The molecule has 2 aromatic rings. The van der Waals surface area contributed by atoms with Gasteiger partial charge in [-0.2, -0.15) is 4.98 Å². The van der Waals surface area contributed by atoms with Crippen LogP contribution < -0.4 is 5.73 Å². The third-order valence-corrected chi connectivity index (χ3v) is 2.82. The SMILES string of the molecule is CN(Cc1ccc(F)cc1)Cc1nc(C(C)(C)N)no1.Cl. The van der Waals surface area contributed by atoms with Crippen LogP contribution in [0.15, 0.2) is 28.8 Å². The molecular formula is C14H20ClFN4O. The maximum atomic E-state index is 12.8. The fourth-order valence-electron chi connectivity index (χ4n) is 1.77. The third kappa shape index (κ3) is 5.08. The van der Waals surface area contributed by atoms with Gasteiger partial charge in [-0.25, -0.2) is 4.39 Å². The predicted molar refractivity (Wildman–Crippen MR) is 80.3 cm³/mol. The summed E-state index contributed by atoms with van der Waals surface area (Å²) in [6.07, 6.45) is 0. The van der Waals surface area contributed by atoms with Crippen LogP contribution in [-0.2, 0) is 18.6 Å². The van der Waals surface area contributed by atoms with Gasteiger partial charge in [0.05, 0.1) is 12.1 Å². The first-order chi connectivity index (χ1) is 9.34. The molecular weight excluding hydrogens is 295 g/mol. The van der Waals surface area contributed by atoms with Gasteiger partial charge in [0.25, 0.3) is 0 Å². The average Bonchev–Trinajstić information content (AvgIpc) is 2.80. The molecule has 0 bridgehead atoms. The highest BCUT2D eigenvalue weighted by Gasteiger charge is 2.21. The number of hydrogen-bond donors (Lipinski definition) is 1. The molecule has 1 aromatic heterocycles. The smallest absolute Gasteiger partial charge is 0.240 e. The minimum absolute atomic E-state index is 0. The molecule has 0 amide bonds. The van der Waals surface area contributed by atoms with E-state index in [1.165, 1.54) is 12.1 Å². The van der Waals surface area contributed by atoms with Crippen LogP contribution in [0.2, 0.25) is 0 Å². The second-order valence-corrected chi connectivity index (χ2v) is 5.53. The van der Waals surface area contributed by atoms with Gasteiger partial charge in [-0.3, -0.25) is 4.90 Å². The third-order valence-electron chi connectivity index (χ3n) is 2.82. The van der Waals surface area contributed by atoms with Crippen LogP contribution in [-0.4, -0.2) is 22.1 Å². The average molecular weight is 315 g/mol. The predicted octanol–water partition coefficient (Wildman–Crippen LogP) is 2.46.